The van der Waals surface area contributed by atoms with E-state index in [0.29, 0.717) is 17.9 Å². The predicted octanol–water partition coefficient (Wildman–Crippen LogP) is 1.04. The van der Waals surface area contributed by atoms with Crippen LogP contribution in [-0.4, -0.2) is 36.9 Å². The van der Waals surface area contributed by atoms with Crippen molar-refractivity contribution in [3.8, 4) is 0 Å². The fourth-order valence-corrected chi connectivity index (χ4v) is 1.68. The first-order valence-corrected chi connectivity index (χ1v) is 5.72. The molecule has 0 aliphatic heterocycles. The van der Waals surface area contributed by atoms with Crippen molar-refractivity contribution in [1.82, 2.24) is 19.8 Å². The Kier molecular flexibility index (Phi) is 3.40. The Morgan fingerprint density at radius 1 is 1.50 bits per heavy atom. The number of aromatic nitrogens is 4. The van der Waals surface area contributed by atoms with Crippen LogP contribution in [0.1, 0.15) is 20.3 Å². The van der Waals surface area contributed by atoms with Crippen LogP contribution in [0.25, 0.3) is 5.65 Å². The zero-order chi connectivity index (χ0) is 13.1. The van der Waals surface area contributed by atoms with Crippen LogP contribution in [0, 0.1) is 5.92 Å². The van der Waals surface area contributed by atoms with Crippen molar-refractivity contribution in [3.63, 3.8) is 0 Å². The fraction of sp³-hybridized carbons (Fsp3) is 0.455. The van der Waals surface area contributed by atoms with Crippen LogP contribution in [0.3, 0.4) is 0 Å². The van der Waals surface area contributed by atoms with Crippen LogP contribution in [0.5, 0.6) is 0 Å². The Morgan fingerprint density at radius 2 is 2.28 bits per heavy atom. The molecular formula is C11H15N5O2. The second-order valence-electron chi connectivity index (χ2n) is 4.52. The first kappa shape index (κ1) is 12.3. The standard InChI is InChI=1S/C11H15N5O2/c1-7(2)5-8(11(17)18)13-9-3-4-10-14-12-6-16(10)15-9/h3-4,6-8H,5H2,1-2H3,(H,13,15)(H,17,18). The van der Waals surface area contributed by atoms with Gasteiger partial charge in [-0.2, -0.15) is 4.52 Å². The number of nitrogens with one attached hydrogen (secondary N) is 1. The molecule has 7 nitrogen and oxygen atoms in total. The summed E-state index contributed by atoms with van der Waals surface area (Å²) in [5, 5.41) is 23.8. The van der Waals surface area contributed by atoms with Crippen LogP contribution < -0.4 is 5.32 Å². The number of carboxylic acid groups (broad SMARTS) is 1. The van der Waals surface area contributed by atoms with Crippen molar-refractivity contribution in [2.24, 2.45) is 5.92 Å². The molecule has 0 bridgehead atoms. The van der Waals surface area contributed by atoms with Gasteiger partial charge in [-0.1, -0.05) is 13.8 Å². The van der Waals surface area contributed by atoms with Gasteiger partial charge in [-0.25, -0.2) is 4.79 Å². The van der Waals surface area contributed by atoms with E-state index in [4.69, 9.17) is 5.11 Å². The SMILES string of the molecule is CC(C)CC(Nc1ccc2nncn2n1)C(=O)O. The quantitative estimate of drug-likeness (QED) is 0.822. The highest BCUT2D eigenvalue weighted by Crippen LogP contribution is 2.11. The molecule has 0 aromatic carbocycles. The number of fused-ring (bicyclic) bond motifs is 1. The molecule has 2 heterocycles. The minimum absolute atomic E-state index is 0.289. The van der Waals surface area contributed by atoms with E-state index in [1.807, 2.05) is 13.8 Å². The molecule has 1 unspecified atom stereocenters. The first-order chi connectivity index (χ1) is 8.56. The maximum atomic E-state index is 11.1. The van der Waals surface area contributed by atoms with E-state index in [1.54, 1.807) is 12.1 Å². The van der Waals surface area contributed by atoms with E-state index in [1.165, 1.54) is 10.8 Å². The average Bonchev–Trinajstić information content (AvgIpc) is 2.74. The Hall–Kier alpha value is -2.18. The highest BCUT2D eigenvalue weighted by atomic mass is 16.4. The van der Waals surface area contributed by atoms with Crippen molar-refractivity contribution in [1.29, 1.82) is 0 Å². The molecule has 0 aliphatic rings. The zero-order valence-corrected chi connectivity index (χ0v) is 10.2. The van der Waals surface area contributed by atoms with Crippen LogP contribution in [0.15, 0.2) is 18.5 Å². The van der Waals surface area contributed by atoms with Crippen LogP contribution >= 0.6 is 0 Å². The Balaban J connectivity index is 2.17. The molecule has 0 spiro atoms. The van der Waals surface area contributed by atoms with Crippen molar-refractivity contribution < 1.29 is 9.90 Å². The summed E-state index contributed by atoms with van der Waals surface area (Å²) < 4.78 is 1.50. The number of anilines is 1. The Morgan fingerprint density at radius 3 is 2.94 bits per heavy atom. The molecule has 2 rings (SSSR count). The van der Waals surface area contributed by atoms with Gasteiger partial charge < -0.3 is 10.4 Å². The maximum Gasteiger partial charge on any atom is 0.326 e. The van der Waals surface area contributed by atoms with E-state index in [0.717, 1.165) is 0 Å². The van der Waals surface area contributed by atoms with Crippen molar-refractivity contribution in [2.45, 2.75) is 26.3 Å². The molecule has 0 radical (unpaired) electrons. The van der Waals surface area contributed by atoms with Crippen LogP contribution in [0.4, 0.5) is 5.82 Å². The monoisotopic (exact) mass is 249 g/mol. The van der Waals surface area contributed by atoms with Gasteiger partial charge in [0, 0.05) is 0 Å². The molecule has 0 saturated heterocycles. The lowest BCUT2D eigenvalue weighted by Crippen LogP contribution is -2.31. The summed E-state index contributed by atoms with van der Waals surface area (Å²) in [5.41, 5.74) is 0.622. The van der Waals surface area contributed by atoms with E-state index in [2.05, 4.69) is 20.6 Å². The molecule has 18 heavy (non-hydrogen) atoms. The molecular weight excluding hydrogens is 234 g/mol. The van der Waals surface area contributed by atoms with E-state index in [-0.39, 0.29) is 5.92 Å². The first-order valence-electron chi connectivity index (χ1n) is 5.72. The molecule has 0 saturated carbocycles. The highest BCUT2D eigenvalue weighted by Gasteiger charge is 2.19. The molecule has 0 aliphatic carbocycles. The smallest absolute Gasteiger partial charge is 0.326 e. The van der Waals surface area contributed by atoms with Gasteiger partial charge in [0.1, 0.15) is 18.2 Å². The van der Waals surface area contributed by atoms with Crippen LogP contribution in [-0.2, 0) is 4.79 Å². The largest absolute Gasteiger partial charge is 0.480 e. The number of rotatable bonds is 5. The third kappa shape index (κ3) is 2.73. The Bertz CT molecular complexity index is 551. The van der Waals surface area contributed by atoms with Gasteiger partial charge in [0.25, 0.3) is 0 Å². The van der Waals surface area contributed by atoms with Gasteiger partial charge in [0.05, 0.1) is 0 Å². The van der Waals surface area contributed by atoms with Crippen molar-refractivity contribution in [3.05, 3.63) is 18.5 Å². The summed E-state index contributed by atoms with van der Waals surface area (Å²) >= 11 is 0. The number of carbonyl (C=O) groups is 1. The summed E-state index contributed by atoms with van der Waals surface area (Å²) in [5.74, 6) is -0.0954. The third-order valence-electron chi connectivity index (χ3n) is 2.49. The topological polar surface area (TPSA) is 92.4 Å². The normalized spacial score (nSPS) is 12.8. The molecule has 0 fully saturated rings. The van der Waals surface area contributed by atoms with E-state index < -0.39 is 12.0 Å². The molecule has 2 N–H and O–H groups in total. The maximum absolute atomic E-state index is 11.1. The lowest BCUT2D eigenvalue weighted by molar-refractivity contribution is -0.138. The second-order valence-corrected chi connectivity index (χ2v) is 4.52. The summed E-state index contributed by atoms with van der Waals surface area (Å²) in [6, 6.07) is 2.78. The third-order valence-corrected chi connectivity index (χ3v) is 2.49. The number of aliphatic carboxylic acids is 1. The van der Waals surface area contributed by atoms with Gasteiger partial charge in [0.15, 0.2) is 5.65 Å². The highest BCUT2D eigenvalue weighted by molar-refractivity contribution is 5.76. The van der Waals surface area contributed by atoms with E-state index >= 15 is 0 Å². The van der Waals surface area contributed by atoms with Gasteiger partial charge in [0.2, 0.25) is 0 Å². The fourth-order valence-electron chi connectivity index (χ4n) is 1.68. The van der Waals surface area contributed by atoms with Gasteiger partial charge in [-0.15, -0.1) is 15.3 Å². The van der Waals surface area contributed by atoms with Crippen molar-refractivity contribution >= 4 is 17.4 Å². The molecule has 7 heteroatoms. The van der Waals surface area contributed by atoms with Gasteiger partial charge >= 0.3 is 5.97 Å². The average molecular weight is 249 g/mol. The number of nitrogens with zero attached hydrogens (tertiary/aromatic N) is 4. The summed E-state index contributed by atoms with van der Waals surface area (Å²) in [7, 11) is 0. The molecule has 96 valence electrons. The number of hydrogen-bond donors (Lipinski definition) is 2. The Labute approximate surface area is 104 Å². The molecule has 1 atom stereocenters. The summed E-state index contributed by atoms with van der Waals surface area (Å²) in [6.07, 6.45) is 2.01. The second kappa shape index (κ2) is 4.99. The number of carboxylic acids is 1. The molecule has 2 aromatic rings. The lowest BCUT2D eigenvalue weighted by Gasteiger charge is -2.16. The lowest BCUT2D eigenvalue weighted by atomic mass is 10.0. The minimum atomic E-state index is -0.880. The summed E-state index contributed by atoms with van der Waals surface area (Å²) in [4.78, 5) is 11.1. The zero-order valence-electron chi connectivity index (χ0n) is 10.2. The predicted molar refractivity (Wildman–Crippen MR) is 65.3 cm³/mol. The van der Waals surface area contributed by atoms with Crippen LogP contribution in [0.2, 0.25) is 0 Å². The summed E-state index contributed by atoms with van der Waals surface area (Å²) in [6.45, 7) is 3.96. The van der Waals surface area contributed by atoms with Crippen molar-refractivity contribution in [2.75, 3.05) is 5.32 Å². The van der Waals surface area contributed by atoms with Gasteiger partial charge in [-0.3, -0.25) is 0 Å². The number of hydrogen-bond acceptors (Lipinski definition) is 5. The molecule has 0 amide bonds. The van der Waals surface area contributed by atoms with E-state index in [9.17, 15) is 4.79 Å². The minimum Gasteiger partial charge on any atom is -0.480 e. The van der Waals surface area contributed by atoms with Gasteiger partial charge in [-0.05, 0) is 24.5 Å². The molecule has 2 aromatic heterocycles.